The number of benzene rings is 1. The minimum Gasteiger partial charge on any atom is -0.489 e. The summed E-state index contributed by atoms with van der Waals surface area (Å²) in [6.45, 7) is 9.78. The number of nitrogens with two attached hydrogens (primary N) is 2. The van der Waals surface area contributed by atoms with Crippen LogP contribution in [-0.4, -0.2) is 25.5 Å². The number of hydrogen-bond acceptors (Lipinski definition) is 5. The van der Waals surface area contributed by atoms with Gasteiger partial charge in [-0.1, -0.05) is 13.2 Å². The molecule has 0 aromatic heterocycles. The molecule has 0 aliphatic heterocycles. The summed E-state index contributed by atoms with van der Waals surface area (Å²) in [7, 11) is 0. The summed E-state index contributed by atoms with van der Waals surface area (Å²) in [5.74, 6) is 1.24. The zero-order valence-electron chi connectivity index (χ0n) is 12.4. The van der Waals surface area contributed by atoms with Gasteiger partial charge < -0.3 is 20.9 Å². The fraction of sp³-hybridized carbons (Fsp3) is 0.312. The molecule has 1 aromatic carbocycles. The molecule has 21 heavy (non-hydrogen) atoms. The number of carbonyl (C=O) groups is 1. The molecule has 1 rings (SSSR count). The Kier molecular flexibility index (Phi) is 6.49. The lowest BCUT2D eigenvalue weighted by molar-refractivity contribution is -0.116. The van der Waals surface area contributed by atoms with E-state index < -0.39 is 0 Å². The van der Waals surface area contributed by atoms with Crippen LogP contribution in [0.3, 0.4) is 0 Å². The topological polar surface area (TPSA) is 87.6 Å². The van der Waals surface area contributed by atoms with E-state index in [1.165, 1.54) is 6.92 Å². The van der Waals surface area contributed by atoms with Gasteiger partial charge in [-0.3, -0.25) is 4.79 Å². The molecule has 0 atom stereocenters. The molecule has 0 aliphatic carbocycles. The van der Waals surface area contributed by atoms with Crippen LogP contribution in [0.2, 0.25) is 0 Å². The molecule has 0 heterocycles. The van der Waals surface area contributed by atoms with Crippen LogP contribution < -0.4 is 20.9 Å². The number of Topliss-reactive ketones (excluding diaryl/α,β-unsaturated/α-hetero) is 1. The lowest BCUT2D eigenvalue weighted by Gasteiger charge is -2.12. The van der Waals surface area contributed by atoms with Gasteiger partial charge in [0.05, 0.1) is 0 Å². The third-order valence-electron chi connectivity index (χ3n) is 2.55. The van der Waals surface area contributed by atoms with Gasteiger partial charge in [-0.05, 0) is 30.2 Å². The lowest BCUT2D eigenvalue weighted by Crippen LogP contribution is -2.11. The van der Waals surface area contributed by atoms with Gasteiger partial charge in [-0.15, -0.1) is 0 Å². The summed E-state index contributed by atoms with van der Waals surface area (Å²) in [6.07, 6.45) is 0.314. The van der Waals surface area contributed by atoms with Crippen LogP contribution in [0, 0.1) is 0 Å². The van der Waals surface area contributed by atoms with E-state index in [-0.39, 0.29) is 12.4 Å². The van der Waals surface area contributed by atoms with Crippen LogP contribution >= 0.6 is 0 Å². The summed E-state index contributed by atoms with van der Waals surface area (Å²) >= 11 is 0. The van der Waals surface area contributed by atoms with Gasteiger partial charge >= 0.3 is 0 Å². The van der Waals surface area contributed by atoms with Gasteiger partial charge in [0.2, 0.25) is 0 Å². The number of rotatable bonds is 9. The number of ether oxygens (including phenoxy) is 2. The van der Waals surface area contributed by atoms with Crippen molar-refractivity contribution in [1.29, 1.82) is 0 Å². The molecular weight excluding hydrogens is 268 g/mol. The Balaban J connectivity index is 2.88. The number of carbonyl (C=O) groups excluding carboxylic acids is 1. The molecular formula is C16H22N2O3. The predicted octanol–water partition coefficient (Wildman–Crippen LogP) is 1.56. The van der Waals surface area contributed by atoms with E-state index in [1.54, 1.807) is 18.2 Å². The molecule has 0 amide bonds. The third-order valence-corrected chi connectivity index (χ3v) is 2.55. The lowest BCUT2D eigenvalue weighted by atomic mass is 10.1. The maximum absolute atomic E-state index is 11.3. The van der Waals surface area contributed by atoms with Crippen LogP contribution in [-0.2, 0) is 11.2 Å². The van der Waals surface area contributed by atoms with Crippen molar-refractivity contribution in [2.24, 2.45) is 11.5 Å². The normalized spacial score (nSPS) is 10.0. The maximum atomic E-state index is 11.3. The Morgan fingerprint density at radius 1 is 1.14 bits per heavy atom. The fourth-order valence-electron chi connectivity index (χ4n) is 1.61. The molecule has 0 fully saturated rings. The molecule has 0 saturated carbocycles. The van der Waals surface area contributed by atoms with Gasteiger partial charge in [0, 0.05) is 24.7 Å². The Morgan fingerprint density at radius 2 is 1.71 bits per heavy atom. The molecule has 0 radical (unpaired) electrons. The standard InChI is InChI=1S/C16H22N2O3/c1-11(8-17)9-20-15-5-14(4-13(3)19)6-16(7-15)21-10-12(2)18/h5-7H,1-2,4,8-10,17-18H2,3H3. The second kappa shape index (κ2) is 8.11. The van der Waals surface area contributed by atoms with Crippen molar-refractivity contribution in [1.82, 2.24) is 0 Å². The molecule has 5 nitrogen and oxygen atoms in total. The van der Waals surface area contributed by atoms with Gasteiger partial charge in [-0.25, -0.2) is 0 Å². The molecule has 114 valence electrons. The molecule has 5 heteroatoms. The SMILES string of the molecule is C=C(N)COc1cc(CC(C)=O)cc(OCC(=C)CN)c1. The van der Waals surface area contributed by atoms with Crippen molar-refractivity contribution in [2.75, 3.05) is 19.8 Å². The predicted molar refractivity (Wildman–Crippen MR) is 83.3 cm³/mol. The number of hydrogen-bond donors (Lipinski definition) is 2. The second-order valence-electron chi connectivity index (χ2n) is 4.88. The van der Waals surface area contributed by atoms with Crippen LogP contribution in [0.15, 0.2) is 42.6 Å². The van der Waals surface area contributed by atoms with Crippen molar-refractivity contribution in [2.45, 2.75) is 13.3 Å². The van der Waals surface area contributed by atoms with E-state index in [0.717, 1.165) is 11.1 Å². The second-order valence-corrected chi connectivity index (χ2v) is 4.88. The highest BCUT2D eigenvalue weighted by atomic mass is 16.5. The zero-order valence-corrected chi connectivity index (χ0v) is 12.4. The van der Waals surface area contributed by atoms with E-state index in [1.807, 2.05) is 0 Å². The zero-order chi connectivity index (χ0) is 15.8. The van der Waals surface area contributed by atoms with Crippen LogP contribution in [0.1, 0.15) is 12.5 Å². The monoisotopic (exact) mass is 290 g/mol. The van der Waals surface area contributed by atoms with Crippen molar-refractivity contribution in [3.63, 3.8) is 0 Å². The molecule has 4 N–H and O–H groups in total. The minimum atomic E-state index is 0.0627. The Bertz CT molecular complexity index is 538. The van der Waals surface area contributed by atoms with Crippen LogP contribution in [0.25, 0.3) is 0 Å². The van der Waals surface area contributed by atoms with Crippen molar-refractivity contribution < 1.29 is 14.3 Å². The summed E-state index contributed by atoms with van der Waals surface area (Å²) in [5, 5.41) is 0. The summed E-state index contributed by atoms with van der Waals surface area (Å²) in [5.41, 5.74) is 13.0. The average Bonchev–Trinajstić information content (AvgIpc) is 2.41. The highest BCUT2D eigenvalue weighted by Crippen LogP contribution is 2.24. The summed E-state index contributed by atoms with van der Waals surface area (Å²) in [4.78, 5) is 11.3. The van der Waals surface area contributed by atoms with Gasteiger partial charge in [0.15, 0.2) is 0 Å². The van der Waals surface area contributed by atoms with Crippen LogP contribution in [0.4, 0.5) is 0 Å². The first-order valence-electron chi connectivity index (χ1n) is 6.59. The maximum Gasteiger partial charge on any atom is 0.134 e. The smallest absolute Gasteiger partial charge is 0.134 e. The molecule has 0 unspecified atom stereocenters. The van der Waals surface area contributed by atoms with Crippen molar-refractivity contribution >= 4 is 5.78 Å². The first-order chi connectivity index (χ1) is 9.90. The van der Waals surface area contributed by atoms with Gasteiger partial charge in [-0.2, -0.15) is 0 Å². The highest BCUT2D eigenvalue weighted by Gasteiger charge is 2.06. The average molecular weight is 290 g/mol. The van der Waals surface area contributed by atoms with Crippen molar-refractivity contribution in [3.05, 3.63) is 48.2 Å². The molecule has 0 bridgehead atoms. The summed E-state index contributed by atoms with van der Waals surface area (Å²) < 4.78 is 11.1. The van der Waals surface area contributed by atoms with E-state index in [2.05, 4.69) is 13.2 Å². The highest BCUT2D eigenvalue weighted by molar-refractivity contribution is 5.78. The Labute approximate surface area is 125 Å². The molecule has 0 spiro atoms. The first-order valence-corrected chi connectivity index (χ1v) is 6.59. The largest absolute Gasteiger partial charge is 0.489 e. The molecule has 0 aliphatic rings. The van der Waals surface area contributed by atoms with Gasteiger partial charge in [0.25, 0.3) is 0 Å². The quantitative estimate of drug-likeness (QED) is 0.674. The van der Waals surface area contributed by atoms with E-state index in [9.17, 15) is 4.79 Å². The van der Waals surface area contributed by atoms with Gasteiger partial charge in [0.1, 0.15) is 30.5 Å². The van der Waals surface area contributed by atoms with Crippen LogP contribution in [0.5, 0.6) is 11.5 Å². The Morgan fingerprint density at radius 3 is 2.19 bits per heavy atom. The molecule has 1 aromatic rings. The van der Waals surface area contributed by atoms with E-state index in [4.69, 9.17) is 20.9 Å². The van der Waals surface area contributed by atoms with E-state index in [0.29, 0.717) is 36.8 Å². The van der Waals surface area contributed by atoms with Crippen molar-refractivity contribution in [3.8, 4) is 11.5 Å². The summed E-state index contributed by atoms with van der Waals surface area (Å²) in [6, 6.07) is 5.32. The first kappa shape index (κ1) is 16.8. The number of ketones is 1. The van der Waals surface area contributed by atoms with E-state index >= 15 is 0 Å². The minimum absolute atomic E-state index is 0.0627. The fourth-order valence-corrected chi connectivity index (χ4v) is 1.61. The third kappa shape index (κ3) is 6.63. The molecule has 0 saturated heterocycles. The Hall–Kier alpha value is -2.27.